The van der Waals surface area contributed by atoms with Gasteiger partial charge in [-0.1, -0.05) is 12.1 Å². The van der Waals surface area contributed by atoms with E-state index in [1.807, 2.05) is 6.07 Å². The van der Waals surface area contributed by atoms with Gasteiger partial charge in [0, 0.05) is 12.2 Å². The highest BCUT2D eigenvalue weighted by molar-refractivity contribution is 5.89. The summed E-state index contributed by atoms with van der Waals surface area (Å²) < 4.78 is 0. The molecule has 0 bridgehead atoms. The number of aliphatic hydroxyl groups excluding tert-OH is 2. The zero-order valence-electron chi connectivity index (χ0n) is 11.7. The number of rotatable bonds is 3. The van der Waals surface area contributed by atoms with E-state index in [0.29, 0.717) is 12.2 Å². The molecule has 0 saturated carbocycles. The van der Waals surface area contributed by atoms with Gasteiger partial charge in [-0.05, 0) is 43.9 Å². The number of hydrogen-bond acceptors (Lipinski definition) is 3. The third kappa shape index (κ3) is 3.49. The number of urea groups is 1. The van der Waals surface area contributed by atoms with Crippen molar-refractivity contribution in [3.8, 4) is 0 Å². The Morgan fingerprint density at radius 1 is 1.50 bits per heavy atom. The van der Waals surface area contributed by atoms with Crippen molar-refractivity contribution in [3.63, 3.8) is 0 Å². The normalized spacial score (nSPS) is 20.6. The van der Waals surface area contributed by atoms with E-state index in [9.17, 15) is 15.0 Å². The topological polar surface area (TPSA) is 72.8 Å². The first-order valence-corrected chi connectivity index (χ1v) is 7.08. The van der Waals surface area contributed by atoms with Crippen LogP contribution < -0.4 is 5.32 Å². The number of carbonyl (C=O) groups excluding carboxylic acids is 1. The molecule has 1 fully saturated rings. The van der Waals surface area contributed by atoms with Gasteiger partial charge in [0.25, 0.3) is 0 Å². The Balaban J connectivity index is 2.05. The van der Waals surface area contributed by atoms with Crippen LogP contribution in [0.25, 0.3) is 0 Å². The highest BCUT2D eigenvalue weighted by Gasteiger charge is 2.26. The van der Waals surface area contributed by atoms with E-state index >= 15 is 0 Å². The van der Waals surface area contributed by atoms with E-state index in [1.165, 1.54) is 0 Å². The maximum Gasteiger partial charge on any atom is 0.322 e. The summed E-state index contributed by atoms with van der Waals surface area (Å²) in [5.41, 5.74) is 1.43. The Hall–Kier alpha value is -1.59. The van der Waals surface area contributed by atoms with Gasteiger partial charge in [0.1, 0.15) is 0 Å². The second-order valence-corrected chi connectivity index (χ2v) is 5.26. The van der Waals surface area contributed by atoms with Gasteiger partial charge in [-0.3, -0.25) is 0 Å². The number of piperidine rings is 1. The van der Waals surface area contributed by atoms with Crippen LogP contribution in [0, 0.1) is 0 Å². The number of aliphatic hydroxyl groups is 2. The molecule has 2 amide bonds. The van der Waals surface area contributed by atoms with Gasteiger partial charge >= 0.3 is 6.03 Å². The van der Waals surface area contributed by atoms with Crippen molar-refractivity contribution in [2.75, 3.05) is 18.5 Å². The monoisotopic (exact) mass is 278 g/mol. The minimum Gasteiger partial charge on any atom is -0.394 e. The number of nitrogens with zero attached hydrogens (tertiary/aromatic N) is 1. The first-order chi connectivity index (χ1) is 9.61. The van der Waals surface area contributed by atoms with E-state index in [1.54, 1.807) is 30.0 Å². The van der Waals surface area contributed by atoms with Crippen LogP contribution in [0.1, 0.15) is 37.9 Å². The predicted octanol–water partition coefficient (Wildman–Crippen LogP) is 2.12. The van der Waals surface area contributed by atoms with E-state index < -0.39 is 6.10 Å². The predicted molar refractivity (Wildman–Crippen MR) is 77.5 cm³/mol. The molecule has 5 nitrogen and oxygen atoms in total. The Labute approximate surface area is 119 Å². The molecule has 0 aromatic heterocycles. The standard InChI is InChI=1S/C15H22N2O3/c1-11(19)12-5-4-6-13(9-12)16-15(20)17-8-3-2-7-14(17)10-18/h4-6,9,11,14,18-19H,2-3,7-8,10H2,1H3,(H,16,20). The lowest BCUT2D eigenvalue weighted by Crippen LogP contribution is -2.47. The van der Waals surface area contributed by atoms with Crippen LogP contribution in [0.2, 0.25) is 0 Å². The quantitative estimate of drug-likeness (QED) is 0.793. The molecule has 1 saturated heterocycles. The Kier molecular flexibility index (Phi) is 4.98. The number of anilines is 1. The molecule has 3 N–H and O–H groups in total. The summed E-state index contributed by atoms with van der Waals surface area (Å²) in [6.45, 7) is 2.36. The fourth-order valence-electron chi connectivity index (χ4n) is 2.53. The number of amides is 2. The molecule has 1 aliphatic heterocycles. The van der Waals surface area contributed by atoms with Crippen LogP contribution in [0.5, 0.6) is 0 Å². The smallest absolute Gasteiger partial charge is 0.322 e. The molecule has 1 heterocycles. The van der Waals surface area contributed by atoms with Crippen LogP contribution in [0.3, 0.4) is 0 Å². The van der Waals surface area contributed by atoms with E-state index in [4.69, 9.17) is 0 Å². The van der Waals surface area contributed by atoms with Gasteiger partial charge in [-0.15, -0.1) is 0 Å². The largest absolute Gasteiger partial charge is 0.394 e. The molecule has 2 atom stereocenters. The Morgan fingerprint density at radius 3 is 3.00 bits per heavy atom. The molecule has 20 heavy (non-hydrogen) atoms. The maximum atomic E-state index is 12.3. The fourth-order valence-corrected chi connectivity index (χ4v) is 2.53. The second-order valence-electron chi connectivity index (χ2n) is 5.26. The number of likely N-dealkylation sites (tertiary alicyclic amines) is 1. The van der Waals surface area contributed by atoms with Crippen molar-refractivity contribution < 1.29 is 15.0 Å². The summed E-state index contributed by atoms with van der Waals surface area (Å²) in [5, 5.41) is 21.7. The van der Waals surface area contributed by atoms with Crippen LogP contribution >= 0.6 is 0 Å². The fraction of sp³-hybridized carbons (Fsp3) is 0.533. The maximum absolute atomic E-state index is 12.3. The average molecular weight is 278 g/mol. The van der Waals surface area contributed by atoms with E-state index in [2.05, 4.69) is 5.32 Å². The molecule has 0 aliphatic carbocycles. The molecule has 5 heteroatoms. The zero-order valence-corrected chi connectivity index (χ0v) is 11.7. The van der Waals surface area contributed by atoms with Gasteiger partial charge in [0.05, 0.1) is 18.8 Å². The molecule has 1 aromatic rings. The lowest BCUT2D eigenvalue weighted by atomic mass is 10.0. The van der Waals surface area contributed by atoms with Gasteiger partial charge in [0.2, 0.25) is 0 Å². The van der Waals surface area contributed by atoms with Crippen molar-refractivity contribution >= 4 is 11.7 Å². The molecule has 0 radical (unpaired) electrons. The lowest BCUT2D eigenvalue weighted by molar-refractivity contribution is 0.115. The summed E-state index contributed by atoms with van der Waals surface area (Å²) >= 11 is 0. The summed E-state index contributed by atoms with van der Waals surface area (Å²) in [6.07, 6.45) is 2.30. The third-order valence-corrected chi connectivity index (χ3v) is 3.72. The first-order valence-electron chi connectivity index (χ1n) is 7.08. The average Bonchev–Trinajstić information content (AvgIpc) is 2.47. The van der Waals surface area contributed by atoms with Crippen molar-refractivity contribution in [3.05, 3.63) is 29.8 Å². The van der Waals surface area contributed by atoms with Crippen molar-refractivity contribution in [2.24, 2.45) is 0 Å². The van der Waals surface area contributed by atoms with Gasteiger partial charge in [0.15, 0.2) is 0 Å². The molecule has 0 spiro atoms. The molecular weight excluding hydrogens is 256 g/mol. The van der Waals surface area contributed by atoms with Crippen molar-refractivity contribution in [1.82, 2.24) is 4.90 Å². The summed E-state index contributed by atoms with van der Waals surface area (Å²) in [6, 6.07) is 6.90. The molecule has 1 aromatic carbocycles. The van der Waals surface area contributed by atoms with E-state index in [-0.39, 0.29) is 18.7 Å². The summed E-state index contributed by atoms with van der Waals surface area (Å²) in [5.74, 6) is 0. The van der Waals surface area contributed by atoms with Crippen LogP contribution in [0.4, 0.5) is 10.5 Å². The van der Waals surface area contributed by atoms with Crippen LogP contribution in [-0.4, -0.2) is 40.3 Å². The molecule has 2 unspecified atom stereocenters. The van der Waals surface area contributed by atoms with Crippen LogP contribution in [-0.2, 0) is 0 Å². The molecular formula is C15H22N2O3. The lowest BCUT2D eigenvalue weighted by Gasteiger charge is -2.34. The van der Waals surface area contributed by atoms with Gasteiger partial charge in [-0.2, -0.15) is 0 Å². The third-order valence-electron chi connectivity index (χ3n) is 3.72. The van der Waals surface area contributed by atoms with Crippen molar-refractivity contribution in [1.29, 1.82) is 0 Å². The summed E-state index contributed by atoms with van der Waals surface area (Å²) in [7, 11) is 0. The minimum atomic E-state index is -0.563. The molecule has 1 aliphatic rings. The number of hydrogen-bond donors (Lipinski definition) is 3. The Bertz CT molecular complexity index is 462. The van der Waals surface area contributed by atoms with Crippen molar-refractivity contribution in [2.45, 2.75) is 38.3 Å². The SMILES string of the molecule is CC(O)c1cccc(NC(=O)N2CCCCC2CO)c1. The highest BCUT2D eigenvalue weighted by Crippen LogP contribution is 2.20. The first kappa shape index (κ1) is 14.8. The Morgan fingerprint density at radius 2 is 2.30 bits per heavy atom. The van der Waals surface area contributed by atoms with Gasteiger partial charge in [-0.25, -0.2) is 4.79 Å². The van der Waals surface area contributed by atoms with Gasteiger partial charge < -0.3 is 20.4 Å². The zero-order chi connectivity index (χ0) is 14.5. The molecule has 110 valence electrons. The summed E-state index contributed by atoms with van der Waals surface area (Å²) in [4.78, 5) is 14.0. The van der Waals surface area contributed by atoms with E-state index in [0.717, 1.165) is 24.8 Å². The number of carbonyl (C=O) groups is 1. The number of benzene rings is 1. The second kappa shape index (κ2) is 6.72. The molecule has 2 rings (SSSR count). The highest BCUT2D eigenvalue weighted by atomic mass is 16.3. The minimum absolute atomic E-state index is 0.00112. The number of nitrogens with one attached hydrogen (secondary N) is 1. The van der Waals surface area contributed by atoms with Crippen LogP contribution in [0.15, 0.2) is 24.3 Å².